The van der Waals surface area contributed by atoms with E-state index in [1.807, 2.05) is 25.1 Å². The molecule has 2 atom stereocenters. The summed E-state index contributed by atoms with van der Waals surface area (Å²) in [6.45, 7) is 3.83. The maximum atomic E-state index is 11.1. The SMILES string of the molecule is COc1ccc(N2CCC(CC(C)C(N)=O)C2)cc1Cl. The molecule has 1 aliphatic heterocycles. The number of carbonyl (C=O) groups is 1. The Hall–Kier alpha value is -1.42. The highest BCUT2D eigenvalue weighted by Crippen LogP contribution is 2.33. The molecule has 1 fully saturated rings. The van der Waals surface area contributed by atoms with E-state index in [0.717, 1.165) is 31.6 Å². The summed E-state index contributed by atoms with van der Waals surface area (Å²) >= 11 is 6.16. The Morgan fingerprint density at radius 3 is 2.95 bits per heavy atom. The van der Waals surface area contributed by atoms with Crippen LogP contribution in [0.2, 0.25) is 5.02 Å². The molecule has 0 saturated carbocycles. The van der Waals surface area contributed by atoms with Crippen molar-refractivity contribution in [3.05, 3.63) is 23.2 Å². The minimum atomic E-state index is -0.212. The van der Waals surface area contributed by atoms with Gasteiger partial charge in [-0.2, -0.15) is 0 Å². The fraction of sp³-hybridized carbons (Fsp3) is 0.533. The second kappa shape index (κ2) is 6.35. The second-order valence-electron chi connectivity index (χ2n) is 5.46. The Morgan fingerprint density at radius 1 is 1.60 bits per heavy atom. The number of methoxy groups -OCH3 is 1. The number of rotatable bonds is 5. The minimum absolute atomic E-state index is 0.0561. The van der Waals surface area contributed by atoms with Crippen molar-refractivity contribution in [1.29, 1.82) is 0 Å². The molecule has 1 heterocycles. The van der Waals surface area contributed by atoms with E-state index in [2.05, 4.69) is 4.90 Å². The number of amides is 1. The molecule has 0 aromatic heterocycles. The van der Waals surface area contributed by atoms with Crippen LogP contribution in [0.25, 0.3) is 0 Å². The molecular weight excluding hydrogens is 276 g/mol. The van der Waals surface area contributed by atoms with Gasteiger partial charge in [-0.15, -0.1) is 0 Å². The molecule has 1 aliphatic rings. The van der Waals surface area contributed by atoms with Crippen LogP contribution in [0.15, 0.2) is 18.2 Å². The van der Waals surface area contributed by atoms with Crippen LogP contribution in [-0.2, 0) is 4.79 Å². The van der Waals surface area contributed by atoms with E-state index in [1.54, 1.807) is 7.11 Å². The number of carbonyl (C=O) groups excluding carboxylic acids is 1. The molecule has 2 rings (SSSR count). The van der Waals surface area contributed by atoms with E-state index >= 15 is 0 Å². The van der Waals surface area contributed by atoms with Crippen molar-refractivity contribution >= 4 is 23.2 Å². The molecule has 1 amide bonds. The summed E-state index contributed by atoms with van der Waals surface area (Å²) in [4.78, 5) is 13.4. The second-order valence-corrected chi connectivity index (χ2v) is 5.87. The van der Waals surface area contributed by atoms with Crippen LogP contribution in [0, 0.1) is 11.8 Å². The fourth-order valence-corrected chi connectivity index (χ4v) is 2.98. The summed E-state index contributed by atoms with van der Waals surface area (Å²) in [6, 6.07) is 5.84. The topological polar surface area (TPSA) is 55.6 Å². The highest BCUT2D eigenvalue weighted by atomic mass is 35.5. The van der Waals surface area contributed by atoms with Gasteiger partial charge in [0, 0.05) is 24.7 Å². The molecule has 4 nitrogen and oxygen atoms in total. The lowest BCUT2D eigenvalue weighted by Crippen LogP contribution is -2.25. The van der Waals surface area contributed by atoms with Crippen LogP contribution in [0.1, 0.15) is 19.8 Å². The van der Waals surface area contributed by atoms with E-state index < -0.39 is 0 Å². The number of benzene rings is 1. The molecule has 1 aromatic rings. The highest BCUT2D eigenvalue weighted by Gasteiger charge is 2.26. The first kappa shape index (κ1) is 15.0. The summed E-state index contributed by atoms with van der Waals surface area (Å²) in [5, 5.41) is 0.624. The van der Waals surface area contributed by atoms with E-state index in [0.29, 0.717) is 16.7 Å². The number of anilines is 1. The predicted octanol–water partition coefficient (Wildman–Crippen LogP) is 2.69. The summed E-state index contributed by atoms with van der Waals surface area (Å²) in [6.07, 6.45) is 1.94. The van der Waals surface area contributed by atoms with Gasteiger partial charge in [-0.1, -0.05) is 18.5 Å². The highest BCUT2D eigenvalue weighted by molar-refractivity contribution is 6.32. The minimum Gasteiger partial charge on any atom is -0.495 e. The van der Waals surface area contributed by atoms with Crippen LogP contribution in [0.4, 0.5) is 5.69 Å². The van der Waals surface area contributed by atoms with Gasteiger partial charge in [0.05, 0.1) is 12.1 Å². The number of primary amides is 1. The van der Waals surface area contributed by atoms with Gasteiger partial charge in [0.2, 0.25) is 5.91 Å². The van der Waals surface area contributed by atoms with Gasteiger partial charge in [0.1, 0.15) is 5.75 Å². The Kier molecular flexibility index (Phi) is 4.76. The number of hydrogen-bond acceptors (Lipinski definition) is 3. The van der Waals surface area contributed by atoms with Gasteiger partial charge in [0.15, 0.2) is 0 Å². The smallest absolute Gasteiger partial charge is 0.220 e. The van der Waals surface area contributed by atoms with Gasteiger partial charge in [-0.3, -0.25) is 4.79 Å². The van der Waals surface area contributed by atoms with Gasteiger partial charge in [-0.25, -0.2) is 0 Å². The number of nitrogens with two attached hydrogens (primary N) is 1. The van der Waals surface area contributed by atoms with Crippen molar-refractivity contribution in [2.45, 2.75) is 19.8 Å². The third kappa shape index (κ3) is 3.37. The van der Waals surface area contributed by atoms with E-state index in [4.69, 9.17) is 22.1 Å². The summed E-state index contributed by atoms with van der Waals surface area (Å²) < 4.78 is 5.16. The van der Waals surface area contributed by atoms with Crippen LogP contribution in [0.5, 0.6) is 5.75 Å². The third-order valence-corrected chi connectivity index (χ3v) is 4.25. The first-order valence-corrected chi connectivity index (χ1v) is 7.27. The first-order chi connectivity index (χ1) is 9.51. The van der Waals surface area contributed by atoms with Crippen molar-refractivity contribution in [3.63, 3.8) is 0 Å². The van der Waals surface area contributed by atoms with Crippen molar-refractivity contribution in [2.24, 2.45) is 17.6 Å². The Bertz CT molecular complexity index is 493. The van der Waals surface area contributed by atoms with E-state index in [9.17, 15) is 4.79 Å². The number of nitrogens with zero attached hydrogens (tertiary/aromatic N) is 1. The molecule has 0 aliphatic carbocycles. The van der Waals surface area contributed by atoms with E-state index in [-0.39, 0.29) is 11.8 Å². The monoisotopic (exact) mass is 296 g/mol. The zero-order valence-corrected chi connectivity index (χ0v) is 12.7. The largest absolute Gasteiger partial charge is 0.495 e. The molecular formula is C15H21ClN2O2. The summed E-state index contributed by atoms with van der Waals surface area (Å²) in [5.41, 5.74) is 6.43. The van der Waals surface area contributed by atoms with Crippen molar-refractivity contribution in [1.82, 2.24) is 0 Å². The van der Waals surface area contributed by atoms with Crippen LogP contribution < -0.4 is 15.4 Å². The van der Waals surface area contributed by atoms with Crippen LogP contribution in [-0.4, -0.2) is 26.1 Å². The van der Waals surface area contributed by atoms with Gasteiger partial charge >= 0.3 is 0 Å². The average molecular weight is 297 g/mol. The van der Waals surface area contributed by atoms with Gasteiger partial charge in [0.25, 0.3) is 0 Å². The first-order valence-electron chi connectivity index (χ1n) is 6.89. The van der Waals surface area contributed by atoms with Crippen molar-refractivity contribution < 1.29 is 9.53 Å². The zero-order chi connectivity index (χ0) is 14.7. The number of halogens is 1. The standard InChI is InChI=1S/C15H21ClN2O2/c1-10(15(17)19)7-11-5-6-18(9-11)12-3-4-14(20-2)13(16)8-12/h3-4,8,10-11H,5-7,9H2,1-2H3,(H2,17,19). The zero-order valence-electron chi connectivity index (χ0n) is 11.9. The van der Waals surface area contributed by atoms with E-state index in [1.165, 1.54) is 0 Å². The Labute approximate surface area is 124 Å². The normalized spacial score (nSPS) is 19.9. The van der Waals surface area contributed by atoms with Gasteiger partial charge in [-0.05, 0) is 37.0 Å². The maximum absolute atomic E-state index is 11.1. The molecule has 110 valence electrons. The molecule has 5 heteroatoms. The Balaban J connectivity index is 1.99. The maximum Gasteiger partial charge on any atom is 0.220 e. The molecule has 0 bridgehead atoms. The van der Waals surface area contributed by atoms with Crippen LogP contribution in [0.3, 0.4) is 0 Å². The summed E-state index contributed by atoms with van der Waals surface area (Å²) in [7, 11) is 1.61. The fourth-order valence-electron chi connectivity index (χ4n) is 2.73. The molecule has 0 radical (unpaired) electrons. The lowest BCUT2D eigenvalue weighted by Gasteiger charge is -2.20. The van der Waals surface area contributed by atoms with Gasteiger partial charge < -0.3 is 15.4 Å². The third-order valence-electron chi connectivity index (χ3n) is 3.96. The predicted molar refractivity (Wildman–Crippen MR) is 81.3 cm³/mol. The molecule has 0 spiro atoms. The van der Waals surface area contributed by atoms with Crippen LogP contribution >= 0.6 is 11.6 Å². The Morgan fingerprint density at radius 2 is 2.35 bits per heavy atom. The lowest BCUT2D eigenvalue weighted by atomic mass is 9.95. The number of hydrogen-bond donors (Lipinski definition) is 1. The molecule has 1 aromatic carbocycles. The molecule has 2 N–H and O–H groups in total. The van der Waals surface area contributed by atoms with Crippen molar-refractivity contribution in [3.8, 4) is 5.75 Å². The molecule has 2 unspecified atom stereocenters. The molecule has 20 heavy (non-hydrogen) atoms. The lowest BCUT2D eigenvalue weighted by molar-refractivity contribution is -0.121. The number of ether oxygens (including phenoxy) is 1. The van der Waals surface area contributed by atoms with Crippen molar-refractivity contribution in [2.75, 3.05) is 25.1 Å². The summed E-state index contributed by atoms with van der Waals surface area (Å²) in [5.74, 6) is 0.933. The molecule has 1 saturated heterocycles. The average Bonchev–Trinajstić information content (AvgIpc) is 2.87. The quantitative estimate of drug-likeness (QED) is 0.909.